The summed E-state index contributed by atoms with van der Waals surface area (Å²) < 4.78 is 0.901. The standard InChI is InChI=1S/C13H9BrN4O/c14-10-4-8-2-1-3-11(12(8)15-7-10)18-13(19)9-5-16-17-6-9/h1-7H,(H,16,17)(H,18,19). The molecule has 0 saturated heterocycles. The third kappa shape index (κ3) is 2.34. The van der Waals surface area contributed by atoms with Crippen LogP contribution in [0.5, 0.6) is 0 Å². The number of amides is 1. The first-order chi connectivity index (χ1) is 9.24. The Kier molecular flexibility index (Phi) is 3.00. The molecule has 0 radical (unpaired) electrons. The minimum atomic E-state index is -0.217. The Bertz CT molecular complexity index is 739. The first-order valence-corrected chi connectivity index (χ1v) is 6.38. The van der Waals surface area contributed by atoms with E-state index in [1.54, 1.807) is 12.4 Å². The van der Waals surface area contributed by atoms with E-state index >= 15 is 0 Å². The molecule has 0 unspecified atom stereocenters. The van der Waals surface area contributed by atoms with E-state index in [1.807, 2.05) is 24.3 Å². The van der Waals surface area contributed by atoms with E-state index in [-0.39, 0.29) is 5.91 Å². The van der Waals surface area contributed by atoms with Gasteiger partial charge in [0.2, 0.25) is 0 Å². The zero-order chi connectivity index (χ0) is 13.2. The van der Waals surface area contributed by atoms with E-state index in [4.69, 9.17) is 0 Å². The summed E-state index contributed by atoms with van der Waals surface area (Å²) >= 11 is 3.38. The maximum absolute atomic E-state index is 12.0. The van der Waals surface area contributed by atoms with Gasteiger partial charge >= 0.3 is 0 Å². The molecule has 19 heavy (non-hydrogen) atoms. The second kappa shape index (κ2) is 4.81. The van der Waals surface area contributed by atoms with Crippen LogP contribution in [-0.2, 0) is 0 Å². The van der Waals surface area contributed by atoms with Crippen molar-refractivity contribution in [3.8, 4) is 0 Å². The van der Waals surface area contributed by atoms with Crippen molar-refractivity contribution in [1.82, 2.24) is 15.2 Å². The van der Waals surface area contributed by atoms with Crippen molar-refractivity contribution in [1.29, 1.82) is 0 Å². The molecule has 3 aromatic rings. The van der Waals surface area contributed by atoms with Crippen LogP contribution in [0.4, 0.5) is 5.69 Å². The smallest absolute Gasteiger partial charge is 0.258 e. The molecule has 0 spiro atoms. The summed E-state index contributed by atoms with van der Waals surface area (Å²) in [6.07, 6.45) is 4.73. The van der Waals surface area contributed by atoms with Gasteiger partial charge in [-0.05, 0) is 28.1 Å². The molecule has 1 aromatic carbocycles. The van der Waals surface area contributed by atoms with Crippen LogP contribution in [0.2, 0.25) is 0 Å². The highest BCUT2D eigenvalue weighted by Crippen LogP contribution is 2.24. The molecule has 0 bridgehead atoms. The van der Waals surface area contributed by atoms with E-state index in [2.05, 4.69) is 36.4 Å². The largest absolute Gasteiger partial charge is 0.320 e. The predicted octanol–water partition coefficient (Wildman–Crippen LogP) is 2.97. The van der Waals surface area contributed by atoms with Gasteiger partial charge in [-0.2, -0.15) is 5.10 Å². The Labute approximate surface area is 117 Å². The van der Waals surface area contributed by atoms with E-state index in [0.717, 1.165) is 15.4 Å². The third-order valence-corrected chi connectivity index (χ3v) is 3.12. The normalized spacial score (nSPS) is 10.6. The molecule has 5 nitrogen and oxygen atoms in total. The lowest BCUT2D eigenvalue weighted by Crippen LogP contribution is -2.11. The molecule has 2 heterocycles. The van der Waals surface area contributed by atoms with Crippen LogP contribution in [0.3, 0.4) is 0 Å². The van der Waals surface area contributed by atoms with Crippen molar-refractivity contribution >= 4 is 38.4 Å². The number of nitrogens with zero attached hydrogens (tertiary/aromatic N) is 2. The minimum Gasteiger partial charge on any atom is -0.320 e. The summed E-state index contributed by atoms with van der Waals surface area (Å²) in [7, 11) is 0. The summed E-state index contributed by atoms with van der Waals surface area (Å²) in [6, 6.07) is 7.60. The number of carbonyl (C=O) groups excluding carboxylic acids is 1. The number of rotatable bonds is 2. The van der Waals surface area contributed by atoms with Crippen molar-refractivity contribution in [3.63, 3.8) is 0 Å². The minimum absolute atomic E-state index is 0.217. The lowest BCUT2D eigenvalue weighted by atomic mass is 10.2. The molecule has 0 saturated carbocycles. The fourth-order valence-electron chi connectivity index (χ4n) is 1.80. The number of carbonyl (C=O) groups is 1. The number of aromatic amines is 1. The summed E-state index contributed by atoms with van der Waals surface area (Å²) in [5.74, 6) is -0.217. The van der Waals surface area contributed by atoms with E-state index < -0.39 is 0 Å². The number of hydrogen-bond acceptors (Lipinski definition) is 3. The summed E-state index contributed by atoms with van der Waals surface area (Å²) in [4.78, 5) is 16.3. The Balaban J connectivity index is 1.99. The molecule has 0 atom stereocenters. The Morgan fingerprint density at radius 2 is 2.21 bits per heavy atom. The molecular weight excluding hydrogens is 308 g/mol. The van der Waals surface area contributed by atoms with Crippen molar-refractivity contribution in [2.24, 2.45) is 0 Å². The maximum Gasteiger partial charge on any atom is 0.258 e. The monoisotopic (exact) mass is 316 g/mol. The zero-order valence-corrected chi connectivity index (χ0v) is 11.3. The molecule has 0 aliphatic rings. The molecule has 0 fully saturated rings. The van der Waals surface area contributed by atoms with Gasteiger partial charge in [-0.25, -0.2) is 0 Å². The van der Waals surface area contributed by atoms with Gasteiger partial charge in [0.25, 0.3) is 5.91 Å². The number of hydrogen-bond donors (Lipinski definition) is 2. The number of halogens is 1. The molecule has 3 rings (SSSR count). The quantitative estimate of drug-likeness (QED) is 0.763. The average Bonchev–Trinajstić information content (AvgIpc) is 2.92. The SMILES string of the molecule is O=C(Nc1cccc2cc(Br)cnc12)c1cn[nH]c1. The Morgan fingerprint density at radius 1 is 1.32 bits per heavy atom. The molecule has 0 aliphatic heterocycles. The van der Waals surface area contributed by atoms with Crippen LogP contribution in [0, 0.1) is 0 Å². The van der Waals surface area contributed by atoms with Crippen LogP contribution in [0.15, 0.2) is 47.3 Å². The number of benzene rings is 1. The van der Waals surface area contributed by atoms with E-state index in [9.17, 15) is 4.79 Å². The van der Waals surface area contributed by atoms with E-state index in [0.29, 0.717) is 11.3 Å². The lowest BCUT2D eigenvalue weighted by molar-refractivity contribution is 0.102. The van der Waals surface area contributed by atoms with Crippen LogP contribution < -0.4 is 5.32 Å². The number of H-pyrrole nitrogens is 1. The summed E-state index contributed by atoms with van der Waals surface area (Å²) in [5, 5.41) is 10.1. The van der Waals surface area contributed by atoms with Gasteiger partial charge in [-0.1, -0.05) is 12.1 Å². The second-order valence-electron chi connectivity index (χ2n) is 3.97. The lowest BCUT2D eigenvalue weighted by Gasteiger charge is -2.07. The number of fused-ring (bicyclic) bond motifs is 1. The molecule has 2 N–H and O–H groups in total. The van der Waals surface area contributed by atoms with Gasteiger partial charge < -0.3 is 5.32 Å². The highest BCUT2D eigenvalue weighted by molar-refractivity contribution is 9.10. The van der Waals surface area contributed by atoms with Gasteiger partial charge in [0.05, 0.1) is 23.0 Å². The fourth-order valence-corrected chi connectivity index (χ4v) is 2.15. The van der Waals surface area contributed by atoms with Crippen molar-refractivity contribution in [3.05, 3.63) is 52.9 Å². The number of anilines is 1. The van der Waals surface area contributed by atoms with Gasteiger partial charge in [-0.3, -0.25) is 14.9 Å². The first-order valence-electron chi connectivity index (χ1n) is 5.58. The van der Waals surface area contributed by atoms with Crippen molar-refractivity contribution in [2.75, 3.05) is 5.32 Å². The Hall–Kier alpha value is -2.21. The number of pyridine rings is 1. The molecular formula is C13H9BrN4O. The van der Waals surface area contributed by atoms with Crippen LogP contribution >= 0.6 is 15.9 Å². The number of nitrogens with one attached hydrogen (secondary N) is 2. The van der Waals surface area contributed by atoms with Gasteiger partial charge in [0.1, 0.15) is 0 Å². The van der Waals surface area contributed by atoms with Gasteiger partial charge in [-0.15, -0.1) is 0 Å². The third-order valence-electron chi connectivity index (χ3n) is 2.69. The van der Waals surface area contributed by atoms with Gasteiger partial charge in [0.15, 0.2) is 0 Å². The van der Waals surface area contributed by atoms with Crippen molar-refractivity contribution in [2.45, 2.75) is 0 Å². The van der Waals surface area contributed by atoms with Crippen LogP contribution in [-0.4, -0.2) is 21.1 Å². The predicted molar refractivity (Wildman–Crippen MR) is 76.0 cm³/mol. The van der Waals surface area contributed by atoms with Gasteiger partial charge in [0, 0.05) is 22.3 Å². The summed E-state index contributed by atoms with van der Waals surface area (Å²) in [5.41, 5.74) is 1.91. The summed E-state index contributed by atoms with van der Waals surface area (Å²) in [6.45, 7) is 0. The molecule has 1 amide bonds. The molecule has 94 valence electrons. The first kappa shape index (κ1) is 11.9. The topological polar surface area (TPSA) is 70.7 Å². The average molecular weight is 317 g/mol. The molecule has 0 aliphatic carbocycles. The van der Waals surface area contributed by atoms with Crippen LogP contribution in [0.1, 0.15) is 10.4 Å². The second-order valence-corrected chi connectivity index (χ2v) is 4.89. The zero-order valence-electron chi connectivity index (χ0n) is 9.72. The van der Waals surface area contributed by atoms with E-state index in [1.165, 1.54) is 6.20 Å². The number of para-hydroxylation sites is 1. The molecule has 6 heteroatoms. The maximum atomic E-state index is 12.0. The molecule has 2 aromatic heterocycles. The van der Waals surface area contributed by atoms with Crippen molar-refractivity contribution < 1.29 is 4.79 Å². The fraction of sp³-hybridized carbons (Fsp3) is 0. The number of aromatic nitrogens is 3. The highest BCUT2D eigenvalue weighted by Gasteiger charge is 2.09. The highest BCUT2D eigenvalue weighted by atomic mass is 79.9. The Morgan fingerprint density at radius 3 is 3.00 bits per heavy atom. The van der Waals surface area contributed by atoms with Crippen LogP contribution in [0.25, 0.3) is 10.9 Å².